The highest BCUT2D eigenvalue weighted by Crippen LogP contribution is 2.17. The van der Waals surface area contributed by atoms with Crippen LogP contribution < -0.4 is 10.0 Å². The third-order valence-corrected chi connectivity index (χ3v) is 4.25. The normalized spacial score (nSPS) is 10.9. The molecule has 0 aliphatic rings. The number of nitrogens with zero attached hydrogens (tertiary/aromatic N) is 2. The summed E-state index contributed by atoms with van der Waals surface area (Å²) in [5.74, 6) is 0.288. The molecule has 0 saturated heterocycles. The Hall–Kier alpha value is -2.43. The van der Waals surface area contributed by atoms with Crippen LogP contribution >= 0.6 is 0 Å². The highest BCUT2D eigenvalue weighted by molar-refractivity contribution is 7.89. The monoisotopic (exact) mass is 302 g/mol. The predicted molar refractivity (Wildman–Crippen MR) is 79.0 cm³/mol. The minimum Gasteiger partial charge on any atom is -0.372 e. The molecule has 0 aliphatic carbocycles. The predicted octanol–water partition coefficient (Wildman–Crippen LogP) is 1.47. The molecule has 0 amide bonds. The number of anilines is 1. The molecule has 0 spiro atoms. The van der Waals surface area contributed by atoms with Crippen LogP contribution in [0.15, 0.2) is 47.5 Å². The van der Waals surface area contributed by atoms with Crippen molar-refractivity contribution in [2.75, 3.05) is 12.4 Å². The molecule has 0 fully saturated rings. The fourth-order valence-electron chi connectivity index (χ4n) is 1.80. The lowest BCUT2D eigenvalue weighted by molar-refractivity contribution is 0.581. The Morgan fingerprint density at radius 1 is 1.29 bits per heavy atom. The molecule has 1 aromatic heterocycles. The van der Waals surface area contributed by atoms with Crippen LogP contribution in [0.3, 0.4) is 0 Å². The van der Waals surface area contributed by atoms with E-state index in [4.69, 9.17) is 5.26 Å². The van der Waals surface area contributed by atoms with Gasteiger partial charge in [-0.25, -0.2) is 18.1 Å². The number of nitriles is 1. The number of nitrogens with one attached hydrogen (secondary N) is 2. The lowest BCUT2D eigenvalue weighted by Crippen LogP contribution is -2.24. The first-order chi connectivity index (χ1) is 10.1. The van der Waals surface area contributed by atoms with E-state index in [9.17, 15) is 8.42 Å². The summed E-state index contributed by atoms with van der Waals surface area (Å²) in [4.78, 5) is 4.06. The van der Waals surface area contributed by atoms with Gasteiger partial charge in [0.1, 0.15) is 10.7 Å². The van der Waals surface area contributed by atoms with E-state index < -0.39 is 10.0 Å². The second kappa shape index (κ2) is 6.35. The van der Waals surface area contributed by atoms with Crippen molar-refractivity contribution in [1.82, 2.24) is 9.71 Å². The average Bonchev–Trinajstić information content (AvgIpc) is 2.53. The number of pyridine rings is 1. The Balaban J connectivity index is 2.20. The van der Waals surface area contributed by atoms with Crippen LogP contribution in [0.25, 0.3) is 0 Å². The van der Waals surface area contributed by atoms with Gasteiger partial charge in [-0.3, -0.25) is 0 Å². The molecule has 0 bridgehead atoms. The summed E-state index contributed by atoms with van der Waals surface area (Å²) in [5, 5.41) is 11.6. The van der Waals surface area contributed by atoms with Crippen molar-refractivity contribution in [3.63, 3.8) is 0 Å². The SMILES string of the molecule is CNc1ncccc1S(=O)(=O)NCc1cccc(C#N)c1. The molecule has 0 saturated carbocycles. The fraction of sp³-hybridized carbons (Fsp3) is 0.143. The quantitative estimate of drug-likeness (QED) is 0.872. The summed E-state index contributed by atoms with van der Waals surface area (Å²) in [6.45, 7) is 0.107. The van der Waals surface area contributed by atoms with Gasteiger partial charge in [0.15, 0.2) is 0 Å². The zero-order valence-electron chi connectivity index (χ0n) is 11.4. The maximum atomic E-state index is 12.3. The molecule has 6 nitrogen and oxygen atoms in total. The zero-order valence-corrected chi connectivity index (χ0v) is 12.2. The van der Waals surface area contributed by atoms with Gasteiger partial charge in [-0.2, -0.15) is 5.26 Å². The molecule has 7 heteroatoms. The summed E-state index contributed by atoms with van der Waals surface area (Å²) in [6.07, 6.45) is 1.52. The van der Waals surface area contributed by atoms with Crippen LogP contribution in [0, 0.1) is 11.3 Å². The largest absolute Gasteiger partial charge is 0.372 e. The van der Waals surface area contributed by atoms with Crippen LogP contribution in [0.1, 0.15) is 11.1 Å². The van der Waals surface area contributed by atoms with Gasteiger partial charge in [0.05, 0.1) is 11.6 Å². The smallest absolute Gasteiger partial charge is 0.244 e. The lowest BCUT2D eigenvalue weighted by atomic mass is 10.1. The summed E-state index contributed by atoms with van der Waals surface area (Å²) in [6, 6.07) is 11.8. The van der Waals surface area contributed by atoms with Crippen LogP contribution in [0.5, 0.6) is 0 Å². The minimum atomic E-state index is -3.68. The second-order valence-electron chi connectivity index (χ2n) is 4.24. The van der Waals surface area contributed by atoms with Crippen molar-refractivity contribution in [1.29, 1.82) is 5.26 Å². The van der Waals surface area contributed by atoms with E-state index in [-0.39, 0.29) is 17.3 Å². The highest BCUT2D eigenvalue weighted by Gasteiger charge is 2.18. The number of sulfonamides is 1. The molecule has 1 heterocycles. The van der Waals surface area contributed by atoms with Gasteiger partial charge in [-0.1, -0.05) is 12.1 Å². The maximum Gasteiger partial charge on any atom is 0.244 e. The molecular weight excluding hydrogens is 288 g/mol. The van der Waals surface area contributed by atoms with Crippen LogP contribution in [0.2, 0.25) is 0 Å². The molecule has 108 valence electrons. The molecule has 1 aromatic carbocycles. The van der Waals surface area contributed by atoms with E-state index in [1.165, 1.54) is 12.3 Å². The van der Waals surface area contributed by atoms with Crippen molar-refractivity contribution >= 4 is 15.8 Å². The molecule has 0 radical (unpaired) electrons. The van der Waals surface area contributed by atoms with Gasteiger partial charge in [-0.15, -0.1) is 0 Å². The fourth-order valence-corrected chi connectivity index (χ4v) is 2.98. The highest BCUT2D eigenvalue weighted by atomic mass is 32.2. The average molecular weight is 302 g/mol. The Morgan fingerprint density at radius 3 is 2.81 bits per heavy atom. The van der Waals surface area contributed by atoms with Crippen molar-refractivity contribution < 1.29 is 8.42 Å². The van der Waals surface area contributed by atoms with E-state index in [0.29, 0.717) is 11.1 Å². The first kappa shape index (κ1) is 15.0. The second-order valence-corrected chi connectivity index (χ2v) is 5.97. The van der Waals surface area contributed by atoms with E-state index >= 15 is 0 Å². The van der Waals surface area contributed by atoms with Crippen molar-refractivity contribution in [2.45, 2.75) is 11.4 Å². The molecule has 2 rings (SSSR count). The topological polar surface area (TPSA) is 94.9 Å². The van der Waals surface area contributed by atoms with Crippen molar-refractivity contribution in [2.24, 2.45) is 0 Å². The third kappa shape index (κ3) is 3.56. The summed E-state index contributed by atoms with van der Waals surface area (Å²) in [5.41, 5.74) is 1.21. The zero-order chi connectivity index (χ0) is 15.3. The Bertz CT molecular complexity index is 782. The lowest BCUT2D eigenvalue weighted by Gasteiger charge is -2.10. The van der Waals surface area contributed by atoms with E-state index in [1.54, 1.807) is 37.4 Å². The van der Waals surface area contributed by atoms with E-state index in [1.807, 2.05) is 6.07 Å². The van der Waals surface area contributed by atoms with E-state index in [2.05, 4.69) is 15.0 Å². The van der Waals surface area contributed by atoms with Gasteiger partial charge in [0, 0.05) is 19.8 Å². The number of rotatable bonds is 5. The molecule has 21 heavy (non-hydrogen) atoms. The maximum absolute atomic E-state index is 12.3. The molecule has 2 N–H and O–H groups in total. The van der Waals surface area contributed by atoms with Crippen molar-refractivity contribution in [3.05, 3.63) is 53.7 Å². The first-order valence-electron chi connectivity index (χ1n) is 6.18. The van der Waals surface area contributed by atoms with Gasteiger partial charge >= 0.3 is 0 Å². The molecule has 2 aromatic rings. The standard InChI is InChI=1S/C14H14N4O2S/c1-16-14-13(6-3-7-17-14)21(19,20)18-10-12-5-2-4-11(8-12)9-15/h2-8,18H,10H2,1H3,(H,16,17). The van der Waals surface area contributed by atoms with Crippen LogP contribution in [-0.4, -0.2) is 20.4 Å². The minimum absolute atomic E-state index is 0.0870. The first-order valence-corrected chi connectivity index (χ1v) is 7.66. The molecule has 0 unspecified atom stereocenters. The van der Waals surface area contributed by atoms with Gasteiger partial charge in [-0.05, 0) is 29.8 Å². The molecule has 0 atom stereocenters. The van der Waals surface area contributed by atoms with Gasteiger partial charge < -0.3 is 5.32 Å². The number of aromatic nitrogens is 1. The van der Waals surface area contributed by atoms with Crippen molar-refractivity contribution in [3.8, 4) is 6.07 Å². The Labute approximate surface area is 123 Å². The van der Waals surface area contributed by atoms with Gasteiger partial charge in [0.2, 0.25) is 10.0 Å². The Morgan fingerprint density at radius 2 is 2.10 bits per heavy atom. The third-order valence-electron chi connectivity index (χ3n) is 2.82. The van der Waals surface area contributed by atoms with Crippen LogP contribution in [-0.2, 0) is 16.6 Å². The molecular formula is C14H14N4O2S. The number of hydrogen-bond donors (Lipinski definition) is 2. The number of hydrogen-bond acceptors (Lipinski definition) is 5. The molecule has 0 aliphatic heterocycles. The summed E-state index contributed by atoms with van der Waals surface area (Å²) in [7, 11) is -2.07. The number of benzene rings is 1. The van der Waals surface area contributed by atoms with Crippen LogP contribution in [0.4, 0.5) is 5.82 Å². The van der Waals surface area contributed by atoms with Gasteiger partial charge in [0.25, 0.3) is 0 Å². The summed E-state index contributed by atoms with van der Waals surface area (Å²) < 4.78 is 27.1. The summed E-state index contributed by atoms with van der Waals surface area (Å²) >= 11 is 0. The van der Waals surface area contributed by atoms with E-state index in [0.717, 1.165) is 0 Å². The Kier molecular flexibility index (Phi) is 4.52.